The summed E-state index contributed by atoms with van der Waals surface area (Å²) in [5.41, 5.74) is -7.52. The van der Waals surface area contributed by atoms with Gasteiger partial charge in [-0.3, -0.25) is 43.9 Å². The van der Waals surface area contributed by atoms with Crippen LogP contribution in [0.15, 0.2) is 40.8 Å². The molecule has 0 radical (unpaired) electrons. The van der Waals surface area contributed by atoms with Crippen molar-refractivity contribution in [2.24, 2.45) is 27.1 Å². The number of carboxylic acid groups (broad SMARTS) is 1. The Hall–Kier alpha value is -3.01. The van der Waals surface area contributed by atoms with E-state index in [1.165, 1.54) is 114 Å². The number of amides is 1. The van der Waals surface area contributed by atoms with Crippen LogP contribution in [0.2, 0.25) is 0 Å². The average molecular weight is 1830 g/mol. The van der Waals surface area contributed by atoms with E-state index in [2.05, 4.69) is 70.7 Å². The number of rotatable bonds is 20. The Kier molecular flexibility index (Phi) is 52.4. The fraction of sp³-hybridized carbons (Fsp3) is 0.652. The molecule has 0 spiro atoms. The Balaban J connectivity index is -0.000000603. The van der Waals surface area contributed by atoms with E-state index < -0.39 is 84.0 Å². The molecule has 4 N–H and O–H groups in total. The van der Waals surface area contributed by atoms with E-state index in [4.69, 9.17) is 25.2 Å². The van der Waals surface area contributed by atoms with Gasteiger partial charge in [-0.25, -0.2) is 30.0 Å². The van der Waals surface area contributed by atoms with Gasteiger partial charge in [0.1, 0.15) is 23.1 Å². The molecule has 6 fully saturated rings. The van der Waals surface area contributed by atoms with Crippen LogP contribution in [0.25, 0.3) is 5.57 Å². The molecule has 5 saturated carbocycles. The van der Waals surface area contributed by atoms with E-state index in [-0.39, 0.29) is 173 Å². The summed E-state index contributed by atoms with van der Waals surface area (Å²) in [7, 11) is 2.58. The molecule has 5 aromatic heterocycles. The normalized spacial score (nSPS) is 17.3. The molecule has 44 heteroatoms. The summed E-state index contributed by atoms with van der Waals surface area (Å²) < 4.78 is 182. The number of hydroxylamine groups is 2. The summed E-state index contributed by atoms with van der Waals surface area (Å²) in [6.45, 7) is 23.6. The van der Waals surface area contributed by atoms with Gasteiger partial charge >= 0.3 is 76.0 Å². The predicted molar refractivity (Wildman–Crippen MR) is 416 cm³/mol. The molecule has 1 amide bonds. The first-order valence-electron chi connectivity index (χ1n) is 33.6. The third-order valence-electron chi connectivity index (χ3n) is 17.6. The number of carbonyl (C=O) groups excluding carboxylic acids is 5. The van der Waals surface area contributed by atoms with E-state index >= 15 is 0 Å². The van der Waals surface area contributed by atoms with Gasteiger partial charge in [-0.15, -0.1) is 56.7 Å². The van der Waals surface area contributed by atoms with Crippen LogP contribution in [0.1, 0.15) is 205 Å². The number of halogens is 13. The molecule has 1 unspecified atom stereocenters. The zero-order chi connectivity index (χ0) is 83.0. The number of hydrogen-bond acceptors (Lipinski definition) is 24. The van der Waals surface area contributed by atoms with Gasteiger partial charge in [-0.2, -0.15) is 86.1 Å². The van der Waals surface area contributed by atoms with E-state index in [1.807, 2.05) is 13.8 Å². The van der Waals surface area contributed by atoms with Gasteiger partial charge in [0.2, 0.25) is 0 Å². The van der Waals surface area contributed by atoms with Crippen molar-refractivity contribution >= 4 is 148 Å². The third-order valence-corrected chi connectivity index (χ3v) is 24.9. The van der Waals surface area contributed by atoms with Crippen molar-refractivity contribution in [3.63, 3.8) is 0 Å². The molecule has 5 aliphatic carbocycles. The van der Waals surface area contributed by atoms with Crippen LogP contribution in [-0.4, -0.2) is 158 Å². The second kappa shape index (κ2) is 50.9. The summed E-state index contributed by atoms with van der Waals surface area (Å²) in [4.78, 5) is 92.6. The molecule has 6 aliphatic rings. The number of carboxylic acids is 1. The minimum atomic E-state index is -4.43. The molecule has 21 nitrogen and oxygen atoms in total. The molecular formula is C69H100BrF12Li2N6O15PS7. The van der Waals surface area contributed by atoms with Gasteiger partial charge < -0.3 is 36.1 Å². The van der Waals surface area contributed by atoms with Crippen molar-refractivity contribution in [3.05, 3.63) is 92.3 Å². The van der Waals surface area contributed by atoms with Crippen LogP contribution < -0.4 is 37.7 Å². The van der Waals surface area contributed by atoms with Gasteiger partial charge in [0.25, 0.3) is 5.91 Å². The minimum absolute atomic E-state index is 0. The predicted octanol–water partition coefficient (Wildman–Crippen LogP) is 14.9. The maximum Gasteiger partial charge on any atom is 1.00 e. The van der Waals surface area contributed by atoms with Gasteiger partial charge in [0, 0.05) is 86.1 Å². The molecule has 113 heavy (non-hydrogen) atoms. The largest absolute Gasteiger partial charge is 1.00 e. The summed E-state index contributed by atoms with van der Waals surface area (Å²) >= 11 is 9.55. The number of thiazole rings is 5. The Morgan fingerprint density at radius 2 is 1.02 bits per heavy atom. The average Bonchev–Trinajstić information content (AvgIpc) is 1.55. The van der Waals surface area contributed by atoms with Crippen LogP contribution in [0.5, 0.6) is 0 Å². The summed E-state index contributed by atoms with van der Waals surface area (Å²) in [6.07, 6.45) is -2.12. The monoisotopic (exact) mass is 1830 g/mol. The second-order valence-electron chi connectivity index (χ2n) is 26.4. The van der Waals surface area contributed by atoms with Crippen molar-refractivity contribution < 1.29 is 163 Å². The van der Waals surface area contributed by atoms with Crippen LogP contribution in [0.3, 0.4) is 0 Å². The molecule has 11 rings (SSSR count). The molecule has 636 valence electrons. The Morgan fingerprint density at radius 1 is 0.637 bits per heavy atom. The number of nitrogens with zero attached hydrogens (tertiary/aromatic N) is 6. The maximum atomic E-state index is 13.2. The van der Waals surface area contributed by atoms with E-state index in [0.29, 0.717) is 35.8 Å². The van der Waals surface area contributed by atoms with Crippen LogP contribution >= 0.6 is 107 Å². The first-order valence-corrected chi connectivity index (χ1v) is 40.2. The van der Waals surface area contributed by atoms with E-state index in [0.717, 1.165) is 68.4 Å². The number of Topliss-reactive ketones (excluding diaryl/α,β-unsaturated/α-hetero) is 3. The number of unbranched alkanes of at least 4 members (excludes halogenated alkanes) is 1. The van der Waals surface area contributed by atoms with Crippen molar-refractivity contribution in [1.82, 2.24) is 30.0 Å². The van der Waals surface area contributed by atoms with Crippen molar-refractivity contribution in [1.29, 1.82) is 0 Å². The number of hydrogen-bond donors (Lipinski definition) is 3. The van der Waals surface area contributed by atoms with E-state index in [9.17, 15) is 86.0 Å². The molecule has 1 aliphatic heterocycles. The third kappa shape index (κ3) is 36.1. The number of aryl methyl sites for hydroxylation is 5. The number of aliphatic carboxylic acids is 1. The molecule has 1 saturated heterocycles. The Bertz CT molecular complexity index is 3670. The summed E-state index contributed by atoms with van der Waals surface area (Å²) in [5, 5.41) is 25.9. The zero-order valence-corrected chi connectivity index (χ0v) is 74.6. The first-order chi connectivity index (χ1) is 49.9. The number of ether oxygens (including phenoxy) is 1. The summed E-state index contributed by atoms with van der Waals surface area (Å²) in [5.74, 6) is -4.49. The van der Waals surface area contributed by atoms with Crippen LogP contribution in [0, 0.1) is 68.6 Å². The van der Waals surface area contributed by atoms with Crippen LogP contribution in [0.4, 0.5) is 52.7 Å². The topological polar surface area (TPSA) is 315 Å². The number of allylic oxidation sites excluding steroid dienone is 2. The quantitative estimate of drug-likeness (QED) is 0.00952. The molecule has 6 heterocycles. The minimum Gasteiger partial charge on any atom is -0.870 e. The number of aromatic nitrogens is 5. The smallest absolute Gasteiger partial charge is 0.870 e. The van der Waals surface area contributed by atoms with Gasteiger partial charge in [-0.1, -0.05) is 20.3 Å². The van der Waals surface area contributed by atoms with Gasteiger partial charge in [-0.05, 0) is 167 Å². The van der Waals surface area contributed by atoms with Gasteiger partial charge in [0.05, 0.1) is 80.7 Å². The fourth-order valence-electron chi connectivity index (χ4n) is 10.5. The number of carbonyl (C=O) groups is 6. The SMILES string of the molecule is CC(=O)/C=C(/c1cnc(C)s1)C1(C(F)(F)F)CC1.CC(=O)C[C@H](c1cnc(C)s1)C1(C(F)(F)F)CC1.CC1CCCO1.CON(C)C(=O)C1(C)CC1.COP(=O)(CC(C)=O)OC.Cc1ncc(Br)s1.Cc1ncc(C(=O)C2(C(F)(F)F)CC2)s1.Cc1ncc([C@@H](CC(=O)O)C2(C(F)(F)F)CC2)s1.OO.S.S.[CH2-]CCC.[Li+].[Li+].[OH-]. The second-order valence-corrected chi connectivity index (χ2v) is 36.3. The first kappa shape index (κ1) is 116. The Morgan fingerprint density at radius 3 is 1.23 bits per heavy atom. The van der Waals surface area contributed by atoms with E-state index in [1.54, 1.807) is 52.3 Å². The molecule has 0 aromatic carbocycles. The molecule has 0 bridgehead atoms. The molecular weight excluding hydrogens is 1730 g/mol. The molecule has 5 aromatic rings. The Labute approximate surface area is 717 Å². The van der Waals surface area contributed by atoms with Crippen molar-refractivity contribution in [2.45, 2.75) is 222 Å². The summed E-state index contributed by atoms with van der Waals surface area (Å²) in [6, 6.07) is 0. The van der Waals surface area contributed by atoms with Crippen molar-refractivity contribution in [2.75, 3.05) is 41.1 Å². The molecule has 3 atom stereocenters. The fourth-order valence-corrected chi connectivity index (χ4v) is 16.4. The standard InChI is InChI=1S/C12H14F3NOS.C12H12F3NOS.C11H12F3NO2S.C9H8F3NOS.C7H13NO2.C5H11O4P.C5H10O.C4H4BrNS.C4H9.2Li.H2O2.H2O.2H2S/c2*1-7(17)5-9(10-6-16-8(2)18-10)11(3-4-11)12(13,14)15;1-6-15-5-8(18-6)7(4-9(16)17)10(2-3-10)11(12,13)14;1-5-13-4-6(15-5)7(14)8(2-3-8)9(10,11)12;1-7(4-5-7)6(9)8(2)10-3;1-5(6)4-10(7,8-2)9-3;1-5-3-2-4-6-5;1-3-6-2-4(5)7-3;1-3-4-2;;;1-2;;;/h6,9H,3-5H2,1-2H3;5-6H,3-4H2,1-2H3;5,7H,2-4H2,1H3,(H,16,17);4H,2-3H2,1H3;4-5H2,1-3H3;4H2,1-3H3;5H,2-4H2,1H3;2H,1H3;1,3-4H2,2H3;;;1-2H;3*1H2/q;;;;;;;;-1;2*+1;;;;/p-1/b;9-5-;;;;;;;;;;;;;/t9-;;7-;;;;;;;;;;;;/m1.1............/s1. The number of ketones is 4. The zero-order valence-electron chi connectivity index (χ0n) is 66.0. The van der Waals surface area contributed by atoms with Crippen molar-refractivity contribution in [3.8, 4) is 0 Å². The van der Waals surface area contributed by atoms with Crippen LogP contribution in [-0.2, 0) is 47.2 Å². The number of alkyl halides is 12. The maximum absolute atomic E-state index is 13.2. The van der Waals surface area contributed by atoms with Gasteiger partial charge in [0.15, 0.2) is 11.6 Å².